The number of ether oxygens (including phenoxy) is 2. The van der Waals surface area contributed by atoms with Gasteiger partial charge in [-0.3, -0.25) is 0 Å². The van der Waals surface area contributed by atoms with Crippen molar-refractivity contribution in [1.82, 2.24) is 0 Å². The Morgan fingerprint density at radius 1 is 1.26 bits per heavy atom. The summed E-state index contributed by atoms with van der Waals surface area (Å²) in [7, 11) is 0. The van der Waals surface area contributed by atoms with Gasteiger partial charge in [0, 0.05) is 11.5 Å². The van der Waals surface area contributed by atoms with Gasteiger partial charge in [0.15, 0.2) is 0 Å². The van der Waals surface area contributed by atoms with Crippen molar-refractivity contribution < 1.29 is 9.47 Å². The first kappa shape index (κ1) is 12.6. The maximum Gasteiger partial charge on any atom is 0.126 e. The molecule has 2 heterocycles. The van der Waals surface area contributed by atoms with Gasteiger partial charge in [-0.1, -0.05) is 24.1 Å². The zero-order valence-corrected chi connectivity index (χ0v) is 11.8. The van der Waals surface area contributed by atoms with Crippen LogP contribution in [0.4, 0.5) is 0 Å². The van der Waals surface area contributed by atoms with E-state index in [0.29, 0.717) is 5.92 Å². The molecule has 0 saturated carbocycles. The third kappa shape index (κ3) is 1.93. The lowest BCUT2D eigenvalue weighted by Crippen LogP contribution is -2.50. The molecule has 0 bridgehead atoms. The summed E-state index contributed by atoms with van der Waals surface area (Å²) in [5.41, 5.74) is 0.462. The quantitative estimate of drug-likeness (QED) is 0.659. The SMILES string of the molecule is C#C[C@]1(C)CC[C@@H]2[C@H](O1)c1ccccc1OC2(C)C. The van der Waals surface area contributed by atoms with Gasteiger partial charge in [0.25, 0.3) is 0 Å². The smallest absolute Gasteiger partial charge is 0.126 e. The molecule has 0 radical (unpaired) electrons. The molecule has 2 nitrogen and oxygen atoms in total. The van der Waals surface area contributed by atoms with Crippen LogP contribution in [0.5, 0.6) is 5.75 Å². The monoisotopic (exact) mass is 256 g/mol. The summed E-state index contributed by atoms with van der Waals surface area (Å²) in [4.78, 5) is 0. The molecule has 0 unspecified atom stereocenters. The van der Waals surface area contributed by atoms with Gasteiger partial charge >= 0.3 is 0 Å². The first-order valence-electron chi connectivity index (χ1n) is 6.89. The molecule has 0 spiro atoms. The Morgan fingerprint density at radius 2 is 2.00 bits per heavy atom. The van der Waals surface area contributed by atoms with E-state index in [1.54, 1.807) is 0 Å². The van der Waals surface area contributed by atoms with Gasteiger partial charge in [0.2, 0.25) is 0 Å². The summed E-state index contributed by atoms with van der Waals surface area (Å²) < 4.78 is 12.4. The minimum absolute atomic E-state index is 0.0368. The summed E-state index contributed by atoms with van der Waals surface area (Å²) in [6.07, 6.45) is 7.60. The van der Waals surface area contributed by atoms with Crippen LogP contribution in [0.3, 0.4) is 0 Å². The fourth-order valence-corrected chi connectivity index (χ4v) is 3.27. The van der Waals surface area contributed by atoms with Crippen LogP contribution in [-0.2, 0) is 4.74 Å². The number of benzene rings is 1. The van der Waals surface area contributed by atoms with Gasteiger partial charge in [-0.2, -0.15) is 0 Å². The van der Waals surface area contributed by atoms with Crippen molar-refractivity contribution in [3.8, 4) is 18.1 Å². The van der Waals surface area contributed by atoms with Crippen molar-refractivity contribution in [3.63, 3.8) is 0 Å². The molecule has 3 rings (SSSR count). The highest BCUT2D eigenvalue weighted by Crippen LogP contribution is 2.52. The summed E-state index contributed by atoms with van der Waals surface area (Å²) in [6.45, 7) is 6.29. The van der Waals surface area contributed by atoms with E-state index < -0.39 is 5.60 Å². The first-order valence-corrected chi connectivity index (χ1v) is 6.89. The van der Waals surface area contributed by atoms with E-state index in [0.717, 1.165) is 24.2 Å². The Hall–Kier alpha value is -1.46. The Balaban J connectivity index is 2.06. The Bertz CT molecular complexity index is 540. The lowest BCUT2D eigenvalue weighted by Gasteiger charge is -2.50. The van der Waals surface area contributed by atoms with Gasteiger partial charge in [-0.15, -0.1) is 6.42 Å². The average Bonchev–Trinajstić information content (AvgIpc) is 2.38. The minimum atomic E-state index is -0.457. The number of fused-ring (bicyclic) bond motifs is 3. The van der Waals surface area contributed by atoms with E-state index >= 15 is 0 Å². The molecular weight excluding hydrogens is 236 g/mol. The van der Waals surface area contributed by atoms with Crippen LogP contribution >= 0.6 is 0 Å². The van der Waals surface area contributed by atoms with E-state index in [9.17, 15) is 0 Å². The minimum Gasteiger partial charge on any atom is -0.487 e. The van der Waals surface area contributed by atoms with Crippen LogP contribution in [0.2, 0.25) is 0 Å². The molecule has 2 aliphatic rings. The highest BCUT2D eigenvalue weighted by atomic mass is 16.5. The van der Waals surface area contributed by atoms with Gasteiger partial charge in [0.1, 0.15) is 17.0 Å². The molecule has 1 saturated heterocycles. The van der Waals surface area contributed by atoms with Crippen molar-refractivity contribution in [2.75, 3.05) is 0 Å². The fraction of sp³-hybridized carbons (Fsp3) is 0.529. The Morgan fingerprint density at radius 3 is 2.74 bits per heavy atom. The average molecular weight is 256 g/mol. The Kier molecular flexibility index (Phi) is 2.66. The second-order valence-corrected chi connectivity index (χ2v) is 6.30. The zero-order valence-electron chi connectivity index (χ0n) is 11.8. The molecule has 0 amide bonds. The lowest BCUT2D eigenvalue weighted by atomic mass is 9.73. The zero-order chi connectivity index (χ0) is 13.7. The molecule has 19 heavy (non-hydrogen) atoms. The van der Waals surface area contributed by atoms with Crippen molar-refractivity contribution >= 4 is 0 Å². The number of hydrogen-bond acceptors (Lipinski definition) is 2. The maximum absolute atomic E-state index is 6.27. The van der Waals surface area contributed by atoms with Gasteiger partial charge in [-0.25, -0.2) is 0 Å². The molecule has 1 fully saturated rings. The predicted octanol–water partition coefficient (Wildman–Crippen LogP) is 3.72. The third-order valence-electron chi connectivity index (χ3n) is 4.48. The summed E-state index contributed by atoms with van der Waals surface area (Å²) in [5, 5.41) is 0. The maximum atomic E-state index is 6.27. The topological polar surface area (TPSA) is 18.5 Å². The third-order valence-corrected chi connectivity index (χ3v) is 4.48. The van der Waals surface area contributed by atoms with Crippen molar-refractivity contribution in [2.45, 2.75) is 50.9 Å². The van der Waals surface area contributed by atoms with Crippen LogP contribution in [-0.4, -0.2) is 11.2 Å². The van der Waals surface area contributed by atoms with E-state index in [4.69, 9.17) is 15.9 Å². The second-order valence-electron chi connectivity index (χ2n) is 6.30. The summed E-state index contributed by atoms with van der Waals surface area (Å²) >= 11 is 0. The molecule has 0 aromatic heterocycles. The first-order chi connectivity index (χ1) is 8.95. The molecule has 3 atom stereocenters. The van der Waals surface area contributed by atoms with Crippen LogP contribution < -0.4 is 4.74 Å². The van der Waals surface area contributed by atoms with E-state index in [-0.39, 0.29) is 11.7 Å². The van der Waals surface area contributed by atoms with Crippen LogP contribution in [0, 0.1) is 18.3 Å². The standard InChI is InChI=1S/C17H20O2/c1-5-17(4)11-10-13-15(19-17)12-8-6-7-9-14(12)18-16(13,2)3/h1,6-9,13,15H,10-11H2,2-4H3/t13-,15-,17-/m1/s1. The normalized spacial score (nSPS) is 35.5. The lowest BCUT2D eigenvalue weighted by molar-refractivity contribution is -0.169. The summed E-state index contributed by atoms with van der Waals surface area (Å²) in [6, 6.07) is 8.13. The van der Waals surface area contributed by atoms with Crippen molar-refractivity contribution in [3.05, 3.63) is 29.8 Å². The van der Waals surface area contributed by atoms with E-state index in [1.165, 1.54) is 0 Å². The van der Waals surface area contributed by atoms with Crippen molar-refractivity contribution in [2.24, 2.45) is 5.92 Å². The second kappa shape index (κ2) is 4.02. The Labute approximate surface area is 115 Å². The van der Waals surface area contributed by atoms with E-state index in [2.05, 4.69) is 25.8 Å². The molecule has 1 aromatic carbocycles. The van der Waals surface area contributed by atoms with E-state index in [1.807, 2.05) is 25.1 Å². The molecular formula is C17H20O2. The van der Waals surface area contributed by atoms with Crippen LogP contribution in [0.1, 0.15) is 45.3 Å². The van der Waals surface area contributed by atoms with Gasteiger partial charge in [-0.05, 0) is 39.7 Å². The fourth-order valence-electron chi connectivity index (χ4n) is 3.27. The molecule has 0 N–H and O–H groups in total. The van der Waals surface area contributed by atoms with Gasteiger partial charge in [0.05, 0.1) is 6.10 Å². The van der Waals surface area contributed by atoms with Crippen LogP contribution in [0.25, 0.3) is 0 Å². The summed E-state index contributed by atoms with van der Waals surface area (Å²) in [5.74, 6) is 4.09. The largest absolute Gasteiger partial charge is 0.487 e. The molecule has 100 valence electrons. The molecule has 1 aromatic rings. The molecule has 2 heteroatoms. The number of terminal acetylenes is 1. The van der Waals surface area contributed by atoms with Crippen molar-refractivity contribution in [1.29, 1.82) is 0 Å². The highest BCUT2D eigenvalue weighted by molar-refractivity contribution is 5.39. The molecule has 2 aliphatic heterocycles. The predicted molar refractivity (Wildman–Crippen MR) is 74.9 cm³/mol. The molecule has 0 aliphatic carbocycles. The number of hydrogen-bond donors (Lipinski definition) is 0. The van der Waals surface area contributed by atoms with Crippen LogP contribution in [0.15, 0.2) is 24.3 Å². The number of rotatable bonds is 0. The number of para-hydroxylation sites is 1. The van der Waals surface area contributed by atoms with Gasteiger partial charge < -0.3 is 9.47 Å². The highest BCUT2D eigenvalue weighted by Gasteiger charge is 2.49.